The zero-order valence-electron chi connectivity index (χ0n) is 15.2. The van der Waals surface area contributed by atoms with Crippen LogP contribution in [0.1, 0.15) is 28.9 Å². The molecule has 2 aromatic carbocycles. The van der Waals surface area contributed by atoms with Crippen LogP contribution in [0.3, 0.4) is 0 Å². The second-order valence-electron chi connectivity index (χ2n) is 6.47. The number of rotatable bonds is 5. The maximum absolute atomic E-state index is 13.4. The molecule has 0 aliphatic carbocycles. The Hall–Kier alpha value is -2.78. The van der Waals surface area contributed by atoms with Crippen LogP contribution < -0.4 is 10.6 Å². The molecule has 0 aromatic heterocycles. The topological polar surface area (TPSA) is 95.6 Å². The van der Waals surface area contributed by atoms with Gasteiger partial charge in [0, 0.05) is 18.7 Å². The van der Waals surface area contributed by atoms with Crippen LogP contribution in [0, 0.1) is 5.82 Å². The summed E-state index contributed by atoms with van der Waals surface area (Å²) in [4.78, 5) is 24.0. The van der Waals surface area contributed by atoms with Gasteiger partial charge in [0.15, 0.2) is 0 Å². The van der Waals surface area contributed by atoms with E-state index in [0.717, 1.165) is 4.31 Å². The number of nitrogens with zero attached hydrogens (tertiary/aromatic N) is 1. The van der Waals surface area contributed by atoms with Crippen molar-refractivity contribution in [2.75, 3.05) is 19.6 Å². The predicted octanol–water partition coefficient (Wildman–Crippen LogP) is 1.44. The first-order valence-corrected chi connectivity index (χ1v) is 10.1. The maximum atomic E-state index is 13.4. The van der Waals surface area contributed by atoms with Gasteiger partial charge in [-0.1, -0.05) is 18.2 Å². The van der Waals surface area contributed by atoms with Crippen molar-refractivity contribution in [3.63, 3.8) is 0 Å². The fourth-order valence-corrected chi connectivity index (χ4v) is 4.35. The summed E-state index contributed by atoms with van der Waals surface area (Å²) < 4.78 is 40.0. The summed E-state index contributed by atoms with van der Waals surface area (Å²) in [7, 11) is -3.89. The highest BCUT2D eigenvalue weighted by molar-refractivity contribution is 7.89. The van der Waals surface area contributed by atoms with Crippen molar-refractivity contribution in [2.24, 2.45) is 0 Å². The van der Waals surface area contributed by atoms with Crippen LogP contribution in [-0.4, -0.2) is 44.2 Å². The van der Waals surface area contributed by atoms with Gasteiger partial charge < -0.3 is 10.6 Å². The normalized spacial score (nSPS) is 16.3. The van der Waals surface area contributed by atoms with Gasteiger partial charge in [-0.15, -0.1) is 0 Å². The molecule has 0 unspecified atom stereocenters. The van der Waals surface area contributed by atoms with Crippen molar-refractivity contribution in [1.82, 2.24) is 14.9 Å². The summed E-state index contributed by atoms with van der Waals surface area (Å²) in [5, 5.41) is 5.30. The van der Waals surface area contributed by atoms with Gasteiger partial charge in [0.2, 0.25) is 15.9 Å². The molecular formula is C19H20FN3O4S. The van der Waals surface area contributed by atoms with Gasteiger partial charge in [0.25, 0.3) is 5.91 Å². The lowest BCUT2D eigenvalue weighted by molar-refractivity contribution is -0.122. The molecular weight excluding hydrogens is 385 g/mol. The molecule has 7 nitrogen and oxygen atoms in total. The van der Waals surface area contributed by atoms with Crippen LogP contribution in [0.4, 0.5) is 4.39 Å². The first-order valence-electron chi connectivity index (χ1n) is 8.70. The van der Waals surface area contributed by atoms with Crippen molar-refractivity contribution >= 4 is 21.8 Å². The van der Waals surface area contributed by atoms with E-state index in [1.54, 1.807) is 19.1 Å². The van der Waals surface area contributed by atoms with Crippen molar-refractivity contribution in [3.8, 4) is 0 Å². The van der Waals surface area contributed by atoms with E-state index in [0.29, 0.717) is 5.56 Å². The van der Waals surface area contributed by atoms with Crippen molar-refractivity contribution in [3.05, 3.63) is 65.5 Å². The van der Waals surface area contributed by atoms with E-state index in [-0.39, 0.29) is 36.0 Å². The molecule has 9 heteroatoms. The molecule has 1 saturated heterocycles. The van der Waals surface area contributed by atoms with Crippen LogP contribution in [0.5, 0.6) is 0 Å². The van der Waals surface area contributed by atoms with Crippen LogP contribution >= 0.6 is 0 Å². The predicted molar refractivity (Wildman–Crippen MR) is 100 cm³/mol. The Bertz CT molecular complexity index is 1010. The number of nitrogens with one attached hydrogen (secondary N) is 2. The fourth-order valence-electron chi connectivity index (χ4n) is 2.91. The van der Waals surface area contributed by atoms with E-state index in [4.69, 9.17) is 0 Å². The van der Waals surface area contributed by atoms with Crippen LogP contribution in [0.25, 0.3) is 0 Å². The summed E-state index contributed by atoms with van der Waals surface area (Å²) in [5.41, 5.74) is 0.752. The molecule has 1 aliphatic heterocycles. The number of carbonyl (C=O) groups is 2. The second kappa shape index (κ2) is 8.07. The largest absolute Gasteiger partial charge is 0.354 e. The van der Waals surface area contributed by atoms with E-state index in [9.17, 15) is 22.4 Å². The average molecular weight is 405 g/mol. The molecule has 28 heavy (non-hydrogen) atoms. The van der Waals surface area contributed by atoms with E-state index in [2.05, 4.69) is 10.6 Å². The van der Waals surface area contributed by atoms with Gasteiger partial charge in [0.05, 0.1) is 17.5 Å². The molecule has 3 rings (SSSR count). The molecule has 1 atom stereocenters. The SMILES string of the molecule is C[C@H](NC(=O)c1cccc(S(=O)(=O)N2CCNC(=O)C2)c1)c1cccc(F)c1. The zero-order valence-corrected chi connectivity index (χ0v) is 16.0. The highest BCUT2D eigenvalue weighted by atomic mass is 32.2. The monoisotopic (exact) mass is 405 g/mol. The molecule has 0 saturated carbocycles. The van der Waals surface area contributed by atoms with Crippen LogP contribution in [-0.2, 0) is 14.8 Å². The fraction of sp³-hybridized carbons (Fsp3) is 0.263. The summed E-state index contributed by atoms with van der Waals surface area (Å²) in [6, 6.07) is 11.0. The van der Waals surface area contributed by atoms with E-state index in [1.165, 1.54) is 36.4 Å². The third-order valence-electron chi connectivity index (χ3n) is 4.43. The molecule has 1 aliphatic rings. The zero-order chi connectivity index (χ0) is 20.3. The number of benzene rings is 2. The molecule has 2 aromatic rings. The molecule has 148 valence electrons. The average Bonchev–Trinajstić information content (AvgIpc) is 2.68. The Morgan fingerprint density at radius 3 is 2.68 bits per heavy atom. The number of piperazine rings is 1. The van der Waals surface area contributed by atoms with Gasteiger partial charge in [-0.3, -0.25) is 9.59 Å². The second-order valence-corrected chi connectivity index (χ2v) is 8.40. The molecule has 0 bridgehead atoms. The number of hydrogen-bond donors (Lipinski definition) is 2. The minimum Gasteiger partial charge on any atom is -0.354 e. The Labute approximate surface area is 162 Å². The van der Waals surface area contributed by atoms with Gasteiger partial charge >= 0.3 is 0 Å². The van der Waals surface area contributed by atoms with Crippen molar-refractivity contribution in [2.45, 2.75) is 17.9 Å². The molecule has 2 N–H and O–H groups in total. The first-order chi connectivity index (χ1) is 13.3. The Kier molecular flexibility index (Phi) is 5.76. The molecule has 1 heterocycles. The molecule has 0 radical (unpaired) electrons. The van der Waals surface area contributed by atoms with E-state index >= 15 is 0 Å². The number of sulfonamides is 1. The first kappa shape index (κ1) is 20.0. The quantitative estimate of drug-likeness (QED) is 0.787. The van der Waals surface area contributed by atoms with Gasteiger partial charge in [-0.2, -0.15) is 4.31 Å². The van der Waals surface area contributed by atoms with Crippen molar-refractivity contribution < 1.29 is 22.4 Å². The van der Waals surface area contributed by atoms with Gasteiger partial charge in [-0.05, 0) is 42.8 Å². The minimum absolute atomic E-state index is 0.0618. The Morgan fingerprint density at radius 1 is 1.21 bits per heavy atom. The summed E-state index contributed by atoms with van der Waals surface area (Å²) >= 11 is 0. The lowest BCUT2D eigenvalue weighted by Gasteiger charge is -2.26. The Morgan fingerprint density at radius 2 is 1.96 bits per heavy atom. The van der Waals surface area contributed by atoms with Gasteiger partial charge in [0.1, 0.15) is 5.82 Å². The van der Waals surface area contributed by atoms with Crippen LogP contribution in [0.2, 0.25) is 0 Å². The van der Waals surface area contributed by atoms with Crippen molar-refractivity contribution in [1.29, 1.82) is 0 Å². The third kappa shape index (κ3) is 4.37. The Balaban J connectivity index is 1.78. The molecule has 2 amide bonds. The lowest BCUT2D eigenvalue weighted by atomic mass is 10.1. The standard InChI is InChI=1S/C19H20FN3O4S/c1-13(14-4-2-6-16(20)10-14)22-19(25)15-5-3-7-17(11-15)28(26,27)23-9-8-21-18(24)12-23/h2-7,10-11,13H,8-9,12H2,1H3,(H,21,24)(H,22,25)/t13-/m0/s1. The number of hydrogen-bond acceptors (Lipinski definition) is 4. The maximum Gasteiger partial charge on any atom is 0.251 e. The molecule has 0 spiro atoms. The lowest BCUT2D eigenvalue weighted by Crippen LogP contribution is -2.49. The van der Waals surface area contributed by atoms with E-state index < -0.39 is 27.8 Å². The summed E-state index contributed by atoms with van der Waals surface area (Å²) in [5.74, 6) is -1.25. The highest BCUT2D eigenvalue weighted by Gasteiger charge is 2.29. The minimum atomic E-state index is -3.89. The third-order valence-corrected chi connectivity index (χ3v) is 6.27. The van der Waals surface area contributed by atoms with E-state index in [1.807, 2.05) is 0 Å². The summed E-state index contributed by atoms with van der Waals surface area (Å²) in [6.45, 7) is 1.86. The smallest absolute Gasteiger partial charge is 0.251 e. The van der Waals surface area contributed by atoms with Gasteiger partial charge in [-0.25, -0.2) is 12.8 Å². The van der Waals surface area contributed by atoms with Crippen LogP contribution in [0.15, 0.2) is 53.4 Å². The number of carbonyl (C=O) groups excluding carboxylic acids is 2. The molecule has 1 fully saturated rings. The highest BCUT2D eigenvalue weighted by Crippen LogP contribution is 2.19. The number of halogens is 1. The summed E-state index contributed by atoms with van der Waals surface area (Å²) in [6.07, 6.45) is 0. The number of amides is 2.